The Kier molecular flexibility index (Phi) is 3.61. The number of hydrogen-bond donors (Lipinski definition) is 4. The average molecular weight is 272 g/mol. The monoisotopic (exact) mass is 272 g/mol. The van der Waals surface area contributed by atoms with Crippen molar-refractivity contribution in [3.63, 3.8) is 0 Å². The number of carbonyl (C=O) groups is 1. The molecule has 2 aromatic rings. The lowest BCUT2D eigenvalue weighted by molar-refractivity contribution is 0.104. The van der Waals surface area contributed by atoms with Crippen LogP contribution in [-0.2, 0) is 0 Å². The van der Waals surface area contributed by atoms with E-state index in [1.54, 1.807) is 0 Å². The van der Waals surface area contributed by atoms with E-state index in [-0.39, 0.29) is 22.8 Å². The van der Waals surface area contributed by atoms with Gasteiger partial charge in [-0.2, -0.15) is 0 Å². The van der Waals surface area contributed by atoms with Crippen molar-refractivity contribution in [1.29, 1.82) is 0 Å². The molecule has 0 radical (unpaired) electrons. The third-order valence-corrected chi connectivity index (χ3v) is 2.71. The van der Waals surface area contributed by atoms with E-state index in [1.807, 2.05) is 0 Å². The summed E-state index contributed by atoms with van der Waals surface area (Å²) in [4.78, 5) is 11.9. The summed E-state index contributed by atoms with van der Waals surface area (Å²) in [6, 6.07) is 8.21. The summed E-state index contributed by atoms with van der Waals surface area (Å²) in [5, 5.41) is 37.4. The van der Waals surface area contributed by atoms with Crippen LogP contribution >= 0.6 is 0 Å². The van der Waals surface area contributed by atoms with Gasteiger partial charge in [-0.05, 0) is 35.9 Å². The van der Waals surface area contributed by atoms with Gasteiger partial charge in [0.15, 0.2) is 28.8 Å². The highest BCUT2D eigenvalue weighted by Crippen LogP contribution is 2.29. The van der Waals surface area contributed by atoms with Crippen molar-refractivity contribution in [3.8, 4) is 23.0 Å². The number of aromatic hydroxyl groups is 4. The van der Waals surface area contributed by atoms with Gasteiger partial charge in [-0.15, -0.1) is 0 Å². The minimum atomic E-state index is -0.494. The zero-order chi connectivity index (χ0) is 14.7. The number of benzene rings is 2. The molecule has 5 heteroatoms. The van der Waals surface area contributed by atoms with Crippen LogP contribution in [0.1, 0.15) is 15.9 Å². The lowest BCUT2D eigenvalue weighted by atomic mass is 10.1. The summed E-state index contributed by atoms with van der Waals surface area (Å²) in [6.07, 6.45) is 2.62. The van der Waals surface area contributed by atoms with Gasteiger partial charge in [0.25, 0.3) is 0 Å². The van der Waals surface area contributed by atoms with E-state index in [9.17, 15) is 20.1 Å². The predicted molar refractivity (Wildman–Crippen MR) is 72.9 cm³/mol. The van der Waals surface area contributed by atoms with E-state index in [2.05, 4.69) is 0 Å². The minimum Gasteiger partial charge on any atom is -0.504 e. The summed E-state index contributed by atoms with van der Waals surface area (Å²) in [5.41, 5.74) is 0.484. The van der Waals surface area contributed by atoms with Crippen molar-refractivity contribution in [2.24, 2.45) is 0 Å². The molecule has 0 aromatic heterocycles. The highest BCUT2D eigenvalue weighted by Gasteiger charge is 2.11. The average Bonchev–Trinajstić information content (AvgIpc) is 2.43. The largest absolute Gasteiger partial charge is 0.504 e. The molecule has 4 N–H and O–H groups in total. The maximum absolute atomic E-state index is 11.9. The first kappa shape index (κ1) is 13.5. The molecule has 0 heterocycles. The molecule has 0 bridgehead atoms. The molecule has 5 nitrogen and oxygen atoms in total. The molecule has 0 fully saturated rings. The zero-order valence-electron chi connectivity index (χ0n) is 10.3. The van der Waals surface area contributed by atoms with Gasteiger partial charge in [-0.3, -0.25) is 4.79 Å². The summed E-state index contributed by atoms with van der Waals surface area (Å²) < 4.78 is 0. The summed E-state index contributed by atoms with van der Waals surface area (Å²) in [6.45, 7) is 0. The first-order valence-electron chi connectivity index (χ1n) is 5.74. The predicted octanol–water partition coefficient (Wildman–Crippen LogP) is 2.41. The van der Waals surface area contributed by atoms with Crippen LogP contribution in [0.25, 0.3) is 6.08 Å². The molecule has 0 saturated carbocycles. The Morgan fingerprint density at radius 1 is 0.900 bits per heavy atom. The van der Waals surface area contributed by atoms with Crippen LogP contribution in [-0.4, -0.2) is 26.2 Å². The third kappa shape index (κ3) is 2.72. The molecule has 102 valence electrons. The van der Waals surface area contributed by atoms with Crippen molar-refractivity contribution in [2.75, 3.05) is 0 Å². The summed E-state index contributed by atoms with van der Waals surface area (Å²) >= 11 is 0. The number of carbonyl (C=O) groups excluding carboxylic acids is 1. The Labute approximate surface area is 114 Å². The highest BCUT2D eigenvalue weighted by molar-refractivity contribution is 6.09. The molecule has 2 aromatic carbocycles. The number of phenolic OH excluding ortho intramolecular Hbond substituents is 4. The molecule has 0 atom stereocenters. The Balaban J connectivity index is 2.24. The number of allylic oxidation sites excluding steroid dienone is 1. The zero-order valence-corrected chi connectivity index (χ0v) is 10.3. The van der Waals surface area contributed by atoms with E-state index in [4.69, 9.17) is 5.11 Å². The second kappa shape index (κ2) is 5.36. The molecule has 20 heavy (non-hydrogen) atoms. The van der Waals surface area contributed by atoms with Gasteiger partial charge >= 0.3 is 0 Å². The number of hydrogen-bond acceptors (Lipinski definition) is 5. The molecular formula is C15H12O5. The Bertz CT molecular complexity index is 689. The van der Waals surface area contributed by atoms with Gasteiger partial charge in [0, 0.05) is 0 Å². The van der Waals surface area contributed by atoms with Gasteiger partial charge in [0.1, 0.15) is 0 Å². The first-order valence-corrected chi connectivity index (χ1v) is 5.74. The molecule has 0 aliphatic carbocycles. The lowest BCUT2D eigenvalue weighted by Gasteiger charge is -2.02. The lowest BCUT2D eigenvalue weighted by Crippen LogP contribution is -1.94. The van der Waals surface area contributed by atoms with E-state index in [1.165, 1.54) is 48.6 Å². The summed E-state index contributed by atoms with van der Waals surface area (Å²) in [5.74, 6) is -1.88. The number of ketones is 1. The van der Waals surface area contributed by atoms with Crippen LogP contribution in [0.4, 0.5) is 0 Å². The second-order valence-electron chi connectivity index (χ2n) is 4.12. The Morgan fingerprint density at radius 2 is 1.65 bits per heavy atom. The van der Waals surface area contributed by atoms with Crippen molar-refractivity contribution in [2.45, 2.75) is 0 Å². The maximum Gasteiger partial charge on any atom is 0.189 e. The van der Waals surface area contributed by atoms with Gasteiger partial charge in [-0.25, -0.2) is 0 Å². The fourth-order valence-electron chi connectivity index (χ4n) is 1.64. The Morgan fingerprint density at radius 3 is 2.35 bits per heavy atom. The first-order chi connectivity index (χ1) is 9.49. The normalized spacial score (nSPS) is 10.8. The Hall–Kier alpha value is -2.95. The van der Waals surface area contributed by atoms with Crippen molar-refractivity contribution >= 4 is 11.9 Å². The molecule has 0 aliphatic heterocycles. The number of phenols is 4. The molecule has 0 saturated heterocycles. The minimum absolute atomic E-state index is 0.0238. The van der Waals surface area contributed by atoms with E-state index >= 15 is 0 Å². The standard InChI is InChI=1S/C15H12O5/c16-11(10-2-1-3-13(18)15(10)20)6-4-9-5-7-12(17)14(19)8-9/h1-8,17-20H/b6-4+. The van der Waals surface area contributed by atoms with Crippen LogP contribution in [0.5, 0.6) is 23.0 Å². The SMILES string of the molecule is O=C(/C=C/c1ccc(O)c(O)c1)c1cccc(O)c1O. The van der Waals surface area contributed by atoms with Crippen LogP contribution in [0.15, 0.2) is 42.5 Å². The molecule has 0 aliphatic rings. The summed E-state index contributed by atoms with van der Waals surface area (Å²) in [7, 11) is 0. The van der Waals surface area contributed by atoms with Gasteiger partial charge < -0.3 is 20.4 Å². The van der Waals surface area contributed by atoms with E-state index in [0.29, 0.717) is 5.56 Å². The number of para-hydroxylation sites is 1. The molecule has 0 amide bonds. The van der Waals surface area contributed by atoms with Crippen LogP contribution in [0.3, 0.4) is 0 Å². The third-order valence-electron chi connectivity index (χ3n) is 2.71. The molecule has 0 unspecified atom stereocenters. The number of rotatable bonds is 3. The van der Waals surface area contributed by atoms with Gasteiger partial charge in [0.2, 0.25) is 0 Å². The molecule has 0 spiro atoms. The van der Waals surface area contributed by atoms with Gasteiger partial charge in [-0.1, -0.05) is 18.2 Å². The molecule has 2 rings (SSSR count). The fraction of sp³-hybridized carbons (Fsp3) is 0. The van der Waals surface area contributed by atoms with Crippen molar-refractivity contribution < 1.29 is 25.2 Å². The topological polar surface area (TPSA) is 98.0 Å². The van der Waals surface area contributed by atoms with Crippen LogP contribution in [0, 0.1) is 0 Å². The van der Waals surface area contributed by atoms with E-state index in [0.717, 1.165) is 0 Å². The quantitative estimate of drug-likeness (QED) is 0.391. The fourth-order valence-corrected chi connectivity index (χ4v) is 1.64. The molecular weight excluding hydrogens is 260 g/mol. The van der Waals surface area contributed by atoms with Gasteiger partial charge in [0.05, 0.1) is 5.56 Å². The highest BCUT2D eigenvalue weighted by atomic mass is 16.3. The van der Waals surface area contributed by atoms with Crippen molar-refractivity contribution in [3.05, 3.63) is 53.6 Å². The smallest absolute Gasteiger partial charge is 0.189 e. The maximum atomic E-state index is 11.9. The second-order valence-corrected chi connectivity index (χ2v) is 4.12. The van der Waals surface area contributed by atoms with Crippen LogP contribution < -0.4 is 0 Å². The van der Waals surface area contributed by atoms with Crippen LogP contribution in [0.2, 0.25) is 0 Å². The van der Waals surface area contributed by atoms with Crippen molar-refractivity contribution in [1.82, 2.24) is 0 Å². The van der Waals surface area contributed by atoms with E-state index < -0.39 is 11.5 Å².